The lowest BCUT2D eigenvalue weighted by Gasteiger charge is -2.32. The summed E-state index contributed by atoms with van der Waals surface area (Å²) in [6, 6.07) is 8.22. The zero-order valence-electron chi connectivity index (χ0n) is 15.2. The van der Waals surface area contributed by atoms with E-state index in [0.29, 0.717) is 5.75 Å². The van der Waals surface area contributed by atoms with Crippen LogP contribution >= 0.6 is 23.5 Å². The van der Waals surface area contributed by atoms with Gasteiger partial charge in [-0.1, -0.05) is 36.0 Å². The fourth-order valence-electron chi connectivity index (χ4n) is 2.34. The maximum Gasteiger partial charge on any atom is 0.491 e. The summed E-state index contributed by atoms with van der Waals surface area (Å²) in [5.41, 5.74) is 1.32. The third-order valence-electron chi connectivity index (χ3n) is 4.48. The normalized spacial score (nSPS) is 19.6. The summed E-state index contributed by atoms with van der Waals surface area (Å²) in [5.74, 6) is 0.564. The van der Waals surface area contributed by atoms with Gasteiger partial charge in [0.2, 0.25) is 0 Å². The van der Waals surface area contributed by atoms with Crippen LogP contribution in [0.4, 0.5) is 0 Å². The Morgan fingerprint density at radius 1 is 1.17 bits per heavy atom. The second-order valence-electron chi connectivity index (χ2n) is 6.83. The smallest absolute Gasteiger partial charge is 0.400 e. The highest BCUT2D eigenvalue weighted by atomic mass is 32.2. The molecule has 0 spiro atoms. The molecule has 24 heavy (non-hydrogen) atoms. The number of hydrogen-bond donors (Lipinski definition) is 0. The number of rotatable bonds is 5. The molecular weight excluding hydrogens is 339 g/mol. The minimum Gasteiger partial charge on any atom is -0.400 e. The van der Waals surface area contributed by atoms with E-state index < -0.39 is 18.3 Å². The predicted octanol–water partition coefficient (Wildman–Crippen LogP) is 4.70. The second kappa shape index (κ2) is 7.69. The summed E-state index contributed by atoms with van der Waals surface area (Å²) < 4.78 is 12.4. The molecule has 1 aromatic carbocycles. The molecule has 0 radical (unpaired) electrons. The first-order valence-corrected chi connectivity index (χ1v) is 10.2. The number of carbonyl (C=O) groups is 1. The molecule has 1 fully saturated rings. The van der Waals surface area contributed by atoms with Crippen LogP contribution in [-0.2, 0) is 14.1 Å². The Morgan fingerprint density at radius 2 is 1.75 bits per heavy atom. The quantitative estimate of drug-likeness (QED) is 0.559. The van der Waals surface area contributed by atoms with Gasteiger partial charge in [-0.2, -0.15) is 0 Å². The van der Waals surface area contributed by atoms with Crippen LogP contribution in [0.2, 0.25) is 0 Å². The van der Waals surface area contributed by atoms with Crippen molar-refractivity contribution in [3.63, 3.8) is 0 Å². The molecule has 0 amide bonds. The number of hydrogen-bond acceptors (Lipinski definition) is 5. The summed E-state index contributed by atoms with van der Waals surface area (Å²) in [6.07, 6.45) is 4.16. The SMILES string of the molecule is CSc1ccccc1C=C(CSC(C)=O)B1OC(C)(C)C(C)(C)O1. The van der Waals surface area contributed by atoms with Crippen molar-refractivity contribution >= 4 is 41.8 Å². The van der Waals surface area contributed by atoms with E-state index >= 15 is 0 Å². The first-order valence-electron chi connectivity index (χ1n) is 7.99. The summed E-state index contributed by atoms with van der Waals surface area (Å²) in [7, 11) is -0.434. The van der Waals surface area contributed by atoms with Crippen LogP contribution in [0.25, 0.3) is 6.08 Å². The summed E-state index contributed by atoms with van der Waals surface area (Å²) in [6.45, 7) is 9.75. The van der Waals surface area contributed by atoms with E-state index in [0.717, 1.165) is 11.0 Å². The van der Waals surface area contributed by atoms with Gasteiger partial charge in [-0.05, 0) is 51.1 Å². The first kappa shape index (κ1) is 19.6. The van der Waals surface area contributed by atoms with Crippen molar-refractivity contribution < 1.29 is 14.1 Å². The highest BCUT2D eigenvalue weighted by molar-refractivity contribution is 8.13. The largest absolute Gasteiger partial charge is 0.491 e. The van der Waals surface area contributed by atoms with Gasteiger partial charge in [0.15, 0.2) is 5.12 Å². The summed E-state index contributed by atoms with van der Waals surface area (Å²) >= 11 is 2.99. The van der Waals surface area contributed by atoms with Gasteiger partial charge in [0.1, 0.15) is 0 Å². The van der Waals surface area contributed by atoms with Crippen molar-refractivity contribution in [1.29, 1.82) is 0 Å². The molecule has 0 aromatic heterocycles. The van der Waals surface area contributed by atoms with Crippen LogP contribution in [0, 0.1) is 0 Å². The van der Waals surface area contributed by atoms with Crippen LogP contribution in [0.5, 0.6) is 0 Å². The first-order chi connectivity index (χ1) is 11.2. The average molecular weight is 364 g/mol. The molecule has 0 saturated carbocycles. The molecular formula is C18H25BO3S2. The summed E-state index contributed by atoms with van der Waals surface area (Å²) in [5, 5.41) is 0.0931. The number of thioether (sulfide) groups is 2. The van der Waals surface area contributed by atoms with Gasteiger partial charge in [0.25, 0.3) is 0 Å². The van der Waals surface area contributed by atoms with E-state index in [9.17, 15) is 4.79 Å². The molecule has 2 rings (SSSR count). The molecule has 3 nitrogen and oxygen atoms in total. The topological polar surface area (TPSA) is 35.5 Å². The van der Waals surface area contributed by atoms with E-state index in [1.807, 2.05) is 39.8 Å². The lowest BCUT2D eigenvalue weighted by atomic mass is 9.78. The van der Waals surface area contributed by atoms with Crippen LogP contribution in [0.15, 0.2) is 34.6 Å². The van der Waals surface area contributed by atoms with Gasteiger partial charge in [-0.3, -0.25) is 4.79 Å². The molecule has 1 aliphatic heterocycles. The Morgan fingerprint density at radius 3 is 2.29 bits per heavy atom. The maximum atomic E-state index is 11.4. The van der Waals surface area contributed by atoms with Crippen molar-refractivity contribution in [3.8, 4) is 0 Å². The Kier molecular flexibility index (Phi) is 6.29. The molecule has 0 unspecified atom stereocenters. The lowest BCUT2D eigenvalue weighted by Crippen LogP contribution is -2.41. The van der Waals surface area contributed by atoms with Gasteiger partial charge in [0, 0.05) is 17.6 Å². The van der Waals surface area contributed by atoms with Gasteiger partial charge in [-0.25, -0.2) is 0 Å². The summed E-state index contributed by atoms with van der Waals surface area (Å²) in [4.78, 5) is 12.6. The minimum atomic E-state index is -0.434. The monoisotopic (exact) mass is 364 g/mol. The zero-order chi connectivity index (χ0) is 18.0. The number of carbonyl (C=O) groups excluding carboxylic acids is 1. The van der Waals surface area contributed by atoms with Crippen molar-refractivity contribution in [2.24, 2.45) is 0 Å². The van der Waals surface area contributed by atoms with E-state index in [1.54, 1.807) is 18.7 Å². The van der Waals surface area contributed by atoms with Crippen molar-refractivity contribution in [2.75, 3.05) is 12.0 Å². The van der Waals surface area contributed by atoms with Gasteiger partial charge < -0.3 is 9.31 Å². The molecule has 1 aliphatic rings. The lowest BCUT2D eigenvalue weighted by molar-refractivity contribution is -0.109. The third-order valence-corrected chi connectivity index (χ3v) is 6.17. The van der Waals surface area contributed by atoms with Crippen LogP contribution in [-0.4, -0.2) is 35.4 Å². The standard InChI is InChI=1S/C18H25BO3S2/c1-13(20)24-12-15(11-14-9-7-8-10-16(14)23-6)19-21-17(2,3)18(4,5)22-19/h7-11H,12H2,1-6H3. The Hall–Kier alpha value is -0.685. The minimum absolute atomic E-state index is 0.0931. The molecule has 0 aliphatic carbocycles. The maximum absolute atomic E-state index is 11.4. The van der Waals surface area contributed by atoms with Gasteiger partial charge in [0.05, 0.1) is 11.2 Å². The Labute approximate surface area is 154 Å². The van der Waals surface area contributed by atoms with Gasteiger partial charge >= 0.3 is 7.12 Å². The fourth-order valence-corrected chi connectivity index (χ4v) is 3.51. The molecule has 0 N–H and O–H groups in total. The van der Waals surface area contributed by atoms with Gasteiger partial charge in [-0.15, -0.1) is 11.8 Å². The van der Waals surface area contributed by atoms with Crippen LogP contribution in [0.3, 0.4) is 0 Å². The molecule has 6 heteroatoms. The van der Waals surface area contributed by atoms with Crippen molar-refractivity contribution in [2.45, 2.75) is 50.7 Å². The fraction of sp³-hybridized carbons (Fsp3) is 0.500. The molecule has 0 bridgehead atoms. The van der Waals surface area contributed by atoms with E-state index in [4.69, 9.17) is 9.31 Å². The molecule has 130 valence electrons. The second-order valence-corrected chi connectivity index (χ2v) is 8.83. The highest BCUT2D eigenvalue weighted by Crippen LogP contribution is 2.39. The average Bonchev–Trinajstić information content (AvgIpc) is 2.71. The van der Waals surface area contributed by atoms with E-state index in [1.165, 1.54) is 16.7 Å². The van der Waals surface area contributed by atoms with Crippen molar-refractivity contribution in [3.05, 3.63) is 35.3 Å². The molecule has 1 heterocycles. The zero-order valence-corrected chi connectivity index (χ0v) is 16.8. The molecule has 1 aromatic rings. The van der Waals surface area contributed by atoms with Crippen LogP contribution < -0.4 is 0 Å². The predicted molar refractivity (Wildman–Crippen MR) is 105 cm³/mol. The molecule has 1 saturated heterocycles. The van der Waals surface area contributed by atoms with Crippen LogP contribution in [0.1, 0.15) is 40.2 Å². The van der Waals surface area contributed by atoms with E-state index in [2.05, 4.69) is 24.5 Å². The Balaban J connectivity index is 2.35. The molecule has 0 atom stereocenters. The third kappa shape index (κ3) is 4.48. The van der Waals surface area contributed by atoms with E-state index in [-0.39, 0.29) is 5.12 Å². The number of benzene rings is 1. The van der Waals surface area contributed by atoms with Crippen molar-refractivity contribution in [1.82, 2.24) is 0 Å². The highest BCUT2D eigenvalue weighted by Gasteiger charge is 2.52. The Bertz CT molecular complexity index is 625.